The van der Waals surface area contributed by atoms with E-state index < -0.39 is 24.5 Å². The third-order valence-corrected chi connectivity index (χ3v) is 4.01. The van der Waals surface area contributed by atoms with Crippen molar-refractivity contribution in [3.05, 3.63) is 65.7 Å². The predicted molar refractivity (Wildman–Crippen MR) is 105 cm³/mol. The highest BCUT2D eigenvalue weighted by atomic mass is 16.5. The molecule has 1 atom stereocenters. The van der Waals surface area contributed by atoms with E-state index in [1.807, 2.05) is 37.3 Å². The molecule has 0 saturated carbocycles. The van der Waals surface area contributed by atoms with Gasteiger partial charge < -0.3 is 14.8 Å². The van der Waals surface area contributed by atoms with Crippen molar-refractivity contribution in [1.82, 2.24) is 5.32 Å². The zero-order valence-electron chi connectivity index (χ0n) is 16.1. The van der Waals surface area contributed by atoms with Gasteiger partial charge in [-0.05, 0) is 49.6 Å². The van der Waals surface area contributed by atoms with Crippen LogP contribution in [-0.4, -0.2) is 36.9 Å². The summed E-state index contributed by atoms with van der Waals surface area (Å²) in [6.07, 6.45) is 1.28. The second-order valence-corrected chi connectivity index (χ2v) is 6.37. The summed E-state index contributed by atoms with van der Waals surface area (Å²) >= 11 is 0. The van der Waals surface area contributed by atoms with Gasteiger partial charge in [-0.2, -0.15) is 0 Å². The van der Waals surface area contributed by atoms with Crippen LogP contribution < -0.4 is 10.1 Å². The smallest absolute Gasteiger partial charge is 0.338 e. The zero-order chi connectivity index (χ0) is 20.4. The largest absolute Gasteiger partial charge is 0.494 e. The quantitative estimate of drug-likeness (QED) is 0.638. The van der Waals surface area contributed by atoms with Crippen molar-refractivity contribution in [2.45, 2.75) is 32.7 Å². The molecule has 0 bridgehead atoms. The standard InChI is InChI=1S/C22H25NO5/c1-3-13-27-19-11-9-18(10-12-19)22(26)28-15-21(25)23-20(16(2)24)14-17-7-5-4-6-8-17/h4-12,20H,3,13-15H2,1-2H3,(H,23,25)/t20-/m0/s1. The van der Waals surface area contributed by atoms with Crippen LogP contribution in [0.15, 0.2) is 54.6 Å². The summed E-state index contributed by atoms with van der Waals surface area (Å²) in [5, 5.41) is 2.62. The Morgan fingerprint density at radius 1 is 1.00 bits per heavy atom. The molecular formula is C22H25NO5. The van der Waals surface area contributed by atoms with E-state index >= 15 is 0 Å². The number of Topliss-reactive ketones (excluding diaryl/α,β-unsaturated/α-hetero) is 1. The molecule has 0 aliphatic heterocycles. The number of esters is 1. The minimum atomic E-state index is -0.663. The Labute approximate surface area is 164 Å². The summed E-state index contributed by atoms with van der Waals surface area (Å²) in [6.45, 7) is 3.57. The first kappa shape index (κ1) is 21.2. The van der Waals surface area contributed by atoms with E-state index in [-0.39, 0.29) is 5.78 Å². The summed E-state index contributed by atoms with van der Waals surface area (Å²) in [7, 11) is 0. The monoisotopic (exact) mass is 383 g/mol. The van der Waals surface area contributed by atoms with Crippen molar-refractivity contribution < 1.29 is 23.9 Å². The Morgan fingerprint density at radius 2 is 1.68 bits per heavy atom. The van der Waals surface area contributed by atoms with Gasteiger partial charge in [0.25, 0.3) is 5.91 Å². The molecule has 1 N–H and O–H groups in total. The second-order valence-electron chi connectivity index (χ2n) is 6.37. The summed E-state index contributed by atoms with van der Waals surface area (Å²) in [4.78, 5) is 36.0. The number of ketones is 1. The van der Waals surface area contributed by atoms with Crippen LogP contribution in [0.4, 0.5) is 0 Å². The van der Waals surface area contributed by atoms with Gasteiger partial charge in [0, 0.05) is 0 Å². The number of carbonyl (C=O) groups excluding carboxylic acids is 3. The maximum atomic E-state index is 12.1. The van der Waals surface area contributed by atoms with Crippen molar-refractivity contribution in [2.24, 2.45) is 0 Å². The van der Waals surface area contributed by atoms with E-state index in [4.69, 9.17) is 9.47 Å². The zero-order valence-corrected chi connectivity index (χ0v) is 16.1. The lowest BCUT2D eigenvalue weighted by atomic mass is 10.0. The fourth-order valence-corrected chi connectivity index (χ4v) is 2.50. The normalized spacial score (nSPS) is 11.4. The van der Waals surface area contributed by atoms with Gasteiger partial charge in [0.1, 0.15) is 5.75 Å². The molecular weight excluding hydrogens is 358 g/mol. The minimum Gasteiger partial charge on any atom is -0.494 e. The molecule has 0 unspecified atom stereocenters. The molecule has 0 saturated heterocycles. The molecule has 1 amide bonds. The van der Waals surface area contributed by atoms with Crippen LogP contribution in [0.5, 0.6) is 5.75 Å². The van der Waals surface area contributed by atoms with Crippen molar-refractivity contribution in [2.75, 3.05) is 13.2 Å². The highest BCUT2D eigenvalue weighted by Gasteiger charge is 2.19. The molecule has 2 aromatic rings. The number of amides is 1. The second kappa shape index (κ2) is 10.9. The molecule has 0 heterocycles. The van der Waals surface area contributed by atoms with Crippen molar-refractivity contribution in [3.8, 4) is 5.75 Å². The van der Waals surface area contributed by atoms with Crippen LogP contribution in [0.1, 0.15) is 36.2 Å². The molecule has 0 aromatic heterocycles. The van der Waals surface area contributed by atoms with Crippen LogP contribution in [-0.2, 0) is 20.7 Å². The fraction of sp³-hybridized carbons (Fsp3) is 0.318. The molecule has 2 rings (SSSR count). The van der Waals surface area contributed by atoms with Gasteiger partial charge >= 0.3 is 5.97 Å². The van der Waals surface area contributed by atoms with Crippen molar-refractivity contribution in [3.63, 3.8) is 0 Å². The lowest BCUT2D eigenvalue weighted by Crippen LogP contribution is -2.43. The molecule has 0 radical (unpaired) electrons. The van der Waals surface area contributed by atoms with Crippen LogP contribution >= 0.6 is 0 Å². The van der Waals surface area contributed by atoms with E-state index in [0.717, 1.165) is 12.0 Å². The maximum Gasteiger partial charge on any atom is 0.338 e. The van der Waals surface area contributed by atoms with E-state index in [2.05, 4.69) is 5.32 Å². The van der Waals surface area contributed by atoms with Gasteiger partial charge in [-0.15, -0.1) is 0 Å². The third-order valence-electron chi connectivity index (χ3n) is 4.01. The summed E-state index contributed by atoms with van der Waals surface area (Å²) < 4.78 is 10.5. The molecule has 0 aliphatic carbocycles. The number of carbonyl (C=O) groups is 3. The third kappa shape index (κ3) is 6.87. The molecule has 0 aliphatic rings. The molecule has 2 aromatic carbocycles. The first-order valence-corrected chi connectivity index (χ1v) is 9.23. The van der Waals surface area contributed by atoms with E-state index in [1.54, 1.807) is 24.3 Å². The van der Waals surface area contributed by atoms with E-state index in [9.17, 15) is 14.4 Å². The Hall–Kier alpha value is -3.15. The summed E-state index contributed by atoms with van der Waals surface area (Å²) in [6, 6.07) is 15.2. The molecule has 148 valence electrons. The molecule has 0 fully saturated rings. The molecule has 6 nitrogen and oxygen atoms in total. The summed E-state index contributed by atoms with van der Waals surface area (Å²) in [5.74, 6) is -0.625. The number of ether oxygens (including phenoxy) is 2. The van der Waals surface area contributed by atoms with Crippen LogP contribution in [0.2, 0.25) is 0 Å². The van der Waals surface area contributed by atoms with Crippen LogP contribution in [0.25, 0.3) is 0 Å². The Kier molecular flexibility index (Phi) is 8.21. The summed E-state index contributed by atoms with van der Waals surface area (Å²) in [5.41, 5.74) is 1.26. The minimum absolute atomic E-state index is 0.161. The number of hydrogen-bond donors (Lipinski definition) is 1. The van der Waals surface area contributed by atoms with E-state index in [0.29, 0.717) is 24.3 Å². The Morgan fingerprint density at radius 3 is 2.29 bits per heavy atom. The van der Waals surface area contributed by atoms with Gasteiger partial charge in [-0.3, -0.25) is 9.59 Å². The topological polar surface area (TPSA) is 81.7 Å². The van der Waals surface area contributed by atoms with Crippen molar-refractivity contribution >= 4 is 17.7 Å². The van der Waals surface area contributed by atoms with Gasteiger partial charge in [-0.25, -0.2) is 4.79 Å². The lowest BCUT2D eigenvalue weighted by Gasteiger charge is -2.16. The Balaban J connectivity index is 1.84. The van der Waals surface area contributed by atoms with Crippen LogP contribution in [0, 0.1) is 0 Å². The molecule has 6 heteroatoms. The number of nitrogens with one attached hydrogen (secondary N) is 1. The van der Waals surface area contributed by atoms with Crippen molar-refractivity contribution in [1.29, 1.82) is 0 Å². The molecule has 0 spiro atoms. The van der Waals surface area contributed by atoms with E-state index in [1.165, 1.54) is 6.92 Å². The number of rotatable bonds is 10. The average Bonchev–Trinajstić information content (AvgIpc) is 2.71. The number of benzene rings is 2. The van der Waals surface area contributed by atoms with Gasteiger partial charge in [0.15, 0.2) is 12.4 Å². The first-order chi connectivity index (χ1) is 13.5. The van der Waals surface area contributed by atoms with Gasteiger partial charge in [0.2, 0.25) is 0 Å². The SMILES string of the molecule is CCCOc1ccc(C(=O)OCC(=O)N[C@@H](Cc2ccccc2)C(C)=O)cc1. The van der Waals surface area contributed by atoms with Crippen LogP contribution in [0.3, 0.4) is 0 Å². The predicted octanol–water partition coefficient (Wildman–Crippen LogP) is 2.95. The maximum absolute atomic E-state index is 12.1. The fourth-order valence-electron chi connectivity index (χ4n) is 2.50. The first-order valence-electron chi connectivity index (χ1n) is 9.23. The highest BCUT2D eigenvalue weighted by molar-refractivity contribution is 5.92. The molecule has 28 heavy (non-hydrogen) atoms. The number of hydrogen-bond acceptors (Lipinski definition) is 5. The highest BCUT2D eigenvalue weighted by Crippen LogP contribution is 2.13. The van der Waals surface area contributed by atoms with Gasteiger partial charge in [-0.1, -0.05) is 37.3 Å². The Bertz CT molecular complexity index is 786. The van der Waals surface area contributed by atoms with Gasteiger partial charge in [0.05, 0.1) is 18.2 Å². The average molecular weight is 383 g/mol. The lowest BCUT2D eigenvalue weighted by molar-refractivity contribution is -0.128.